The van der Waals surface area contributed by atoms with E-state index in [9.17, 15) is 10.1 Å². The first-order chi connectivity index (χ1) is 12.6. The average Bonchev–Trinajstić information content (AvgIpc) is 2.94. The van der Waals surface area contributed by atoms with Gasteiger partial charge in [0.05, 0.1) is 0 Å². The molecular formula is C22H25N3O. The van der Waals surface area contributed by atoms with Gasteiger partial charge in [0.15, 0.2) is 0 Å². The lowest BCUT2D eigenvalue weighted by atomic mass is 9.95. The van der Waals surface area contributed by atoms with Crippen molar-refractivity contribution in [3.63, 3.8) is 0 Å². The Morgan fingerprint density at radius 1 is 1.19 bits per heavy atom. The number of nitriles is 1. The van der Waals surface area contributed by atoms with Crippen molar-refractivity contribution in [2.45, 2.75) is 52.0 Å². The molecule has 1 N–H and O–H groups in total. The zero-order chi connectivity index (χ0) is 18.5. The van der Waals surface area contributed by atoms with Crippen LogP contribution in [0.25, 0.3) is 11.8 Å². The second-order valence-electron chi connectivity index (χ2n) is 6.98. The lowest BCUT2D eigenvalue weighted by Crippen LogP contribution is -2.36. The lowest BCUT2D eigenvalue weighted by molar-refractivity contribution is -0.117. The SMILES string of the molecule is Cc1cc(C=C(C#N)C(=O)NC2CCCCC2)c(C)n1-c1ccccc1. The van der Waals surface area contributed by atoms with E-state index in [1.807, 2.05) is 38.1 Å². The van der Waals surface area contributed by atoms with Gasteiger partial charge in [0.25, 0.3) is 5.91 Å². The maximum absolute atomic E-state index is 12.5. The first-order valence-electron chi connectivity index (χ1n) is 9.27. The summed E-state index contributed by atoms with van der Waals surface area (Å²) in [6, 6.07) is 14.4. The second-order valence-corrected chi connectivity index (χ2v) is 6.98. The molecule has 0 unspecified atom stereocenters. The van der Waals surface area contributed by atoms with Gasteiger partial charge in [-0.25, -0.2) is 0 Å². The third-order valence-corrected chi connectivity index (χ3v) is 5.09. The van der Waals surface area contributed by atoms with Gasteiger partial charge in [0.2, 0.25) is 0 Å². The van der Waals surface area contributed by atoms with Gasteiger partial charge in [-0.2, -0.15) is 5.26 Å². The van der Waals surface area contributed by atoms with Crippen molar-refractivity contribution < 1.29 is 4.79 Å². The molecule has 1 aromatic carbocycles. The van der Waals surface area contributed by atoms with Crippen molar-refractivity contribution >= 4 is 12.0 Å². The van der Waals surface area contributed by atoms with Gasteiger partial charge >= 0.3 is 0 Å². The van der Waals surface area contributed by atoms with Crippen LogP contribution in [0.15, 0.2) is 42.0 Å². The predicted molar refractivity (Wildman–Crippen MR) is 104 cm³/mol. The van der Waals surface area contributed by atoms with Crippen molar-refractivity contribution in [1.82, 2.24) is 9.88 Å². The number of para-hydroxylation sites is 1. The molecule has 26 heavy (non-hydrogen) atoms. The second kappa shape index (κ2) is 8.05. The summed E-state index contributed by atoms with van der Waals surface area (Å²) in [6.45, 7) is 4.05. The van der Waals surface area contributed by atoms with Crippen LogP contribution in [0.5, 0.6) is 0 Å². The van der Waals surface area contributed by atoms with Crippen molar-refractivity contribution in [3.8, 4) is 11.8 Å². The highest BCUT2D eigenvalue weighted by molar-refractivity contribution is 6.02. The molecule has 1 saturated carbocycles. The Morgan fingerprint density at radius 2 is 1.88 bits per heavy atom. The van der Waals surface area contributed by atoms with Crippen molar-refractivity contribution in [2.75, 3.05) is 0 Å². The van der Waals surface area contributed by atoms with E-state index in [-0.39, 0.29) is 17.5 Å². The normalized spacial score (nSPS) is 15.5. The van der Waals surface area contributed by atoms with Crippen LogP contribution in [0.3, 0.4) is 0 Å². The molecule has 0 saturated heterocycles. The zero-order valence-corrected chi connectivity index (χ0v) is 15.5. The Balaban J connectivity index is 1.85. The van der Waals surface area contributed by atoms with E-state index in [4.69, 9.17) is 0 Å². The Labute approximate surface area is 155 Å². The number of nitrogens with zero attached hydrogens (tertiary/aromatic N) is 2. The third kappa shape index (κ3) is 3.88. The molecule has 0 spiro atoms. The Morgan fingerprint density at radius 3 is 2.54 bits per heavy atom. The summed E-state index contributed by atoms with van der Waals surface area (Å²) in [7, 11) is 0. The molecule has 2 aromatic rings. The Kier molecular flexibility index (Phi) is 5.58. The molecule has 0 aliphatic heterocycles. The van der Waals surface area contributed by atoms with Gasteiger partial charge in [0, 0.05) is 23.1 Å². The van der Waals surface area contributed by atoms with Gasteiger partial charge in [-0.15, -0.1) is 0 Å². The molecule has 0 atom stereocenters. The molecule has 1 heterocycles. The topological polar surface area (TPSA) is 57.8 Å². The van der Waals surface area contributed by atoms with Crippen LogP contribution in [0.2, 0.25) is 0 Å². The van der Waals surface area contributed by atoms with Crippen LogP contribution < -0.4 is 5.32 Å². The van der Waals surface area contributed by atoms with Crippen LogP contribution >= 0.6 is 0 Å². The predicted octanol–water partition coefficient (Wildman–Crippen LogP) is 4.45. The number of hydrogen-bond acceptors (Lipinski definition) is 2. The van der Waals surface area contributed by atoms with Gasteiger partial charge in [-0.1, -0.05) is 37.5 Å². The monoisotopic (exact) mass is 347 g/mol. The number of benzene rings is 1. The van der Waals surface area contributed by atoms with E-state index >= 15 is 0 Å². The maximum atomic E-state index is 12.5. The first-order valence-corrected chi connectivity index (χ1v) is 9.27. The number of amides is 1. The molecule has 1 aromatic heterocycles. The van der Waals surface area contributed by atoms with E-state index in [2.05, 4.69) is 28.1 Å². The fourth-order valence-corrected chi connectivity index (χ4v) is 3.72. The van der Waals surface area contributed by atoms with Gasteiger partial charge in [-0.05, 0) is 56.5 Å². The van der Waals surface area contributed by atoms with Crippen LogP contribution in [0, 0.1) is 25.2 Å². The molecule has 1 fully saturated rings. The van der Waals surface area contributed by atoms with E-state index < -0.39 is 0 Å². The lowest BCUT2D eigenvalue weighted by Gasteiger charge is -2.22. The number of hydrogen-bond donors (Lipinski definition) is 1. The molecule has 1 aliphatic carbocycles. The standard InChI is InChI=1S/C22H25N3O/c1-16-13-18(17(2)25(16)21-11-7-4-8-12-21)14-19(15-23)22(26)24-20-9-5-3-6-10-20/h4,7-8,11-14,20H,3,5-6,9-10H2,1-2H3,(H,24,26). The van der Waals surface area contributed by atoms with Crippen LogP contribution in [-0.2, 0) is 4.79 Å². The van der Waals surface area contributed by atoms with Crippen LogP contribution in [0.4, 0.5) is 0 Å². The maximum Gasteiger partial charge on any atom is 0.262 e. The fourth-order valence-electron chi connectivity index (χ4n) is 3.72. The molecule has 0 radical (unpaired) electrons. The van der Waals surface area contributed by atoms with Gasteiger partial charge in [-0.3, -0.25) is 4.79 Å². The van der Waals surface area contributed by atoms with Crippen LogP contribution in [0.1, 0.15) is 49.1 Å². The third-order valence-electron chi connectivity index (χ3n) is 5.09. The van der Waals surface area contributed by atoms with Gasteiger partial charge in [0.1, 0.15) is 11.6 Å². The number of aryl methyl sites for hydroxylation is 1. The summed E-state index contributed by atoms with van der Waals surface area (Å²) in [5.74, 6) is -0.260. The van der Waals surface area contributed by atoms with Crippen molar-refractivity contribution in [3.05, 3.63) is 58.9 Å². The Hall–Kier alpha value is -2.80. The van der Waals surface area contributed by atoms with Crippen molar-refractivity contribution in [1.29, 1.82) is 5.26 Å². The van der Waals surface area contributed by atoms with Crippen molar-refractivity contribution in [2.24, 2.45) is 0 Å². The quantitative estimate of drug-likeness (QED) is 0.656. The number of carbonyl (C=O) groups is 1. The summed E-state index contributed by atoms with van der Waals surface area (Å²) in [4.78, 5) is 12.5. The first kappa shape index (κ1) is 18.0. The molecule has 134 valence electrons. The van der Waals surface area contributed by atoms with Crippen LogP contribution in [-0.4, -0.2) is 16.5 Å². The van der Waals surface area contributed by atoms with Gasteiger partial charge < -0.3 is 9.88 Å². The van der Waals surface area contributed by atoms with E-state index in [1.165, 1.54) is 6.42 Å². The Bertz CT molecular complexity index is 850. The molecular weight excluding hydrogens is 322 g/mol. The highest BCUT2D eigenvalue weighted by Crippen LogP contribution is 2.23. The minimum Gasteiger partial charge on any atom is -0.349 e. The number of aromatic nitrogens is 1. The summed E-state index contributed by atoms with van der Waals surface area (Å²) >= 11 is 0. The fraction of sp³-hybridized carbons (Fsp3) is 0.364. The summed E-state index contributed by atoms with van der Waals surface area (Å²) in [5.41, 5.74) is 4.25. The largest absolute Gasteiger partial charge is 0.349 e. The highest BCUT2D eigenvalue weighted by Gasteiger charge is 2.19. The summed E-state index contributed by atoms with van der Waals surface area (Å²) in [5, 5.41) is 12.5. The van der Waals surface area contributed by atoms with E-state index in [1.54, 1.807) is 6.08 Å². The number of carbonyl (C=O) groups excluding carboxylic acids is 1. The van der Waals surface area contributed by atoms with E-state index in [0.29, 0.717) is 0 Å². The molecule has 1 amide bonds. The molecule has 1 aliphatic rings. The summed E-state index contributed by atoms with van der Waals surface area (Å²) in [6.07, 6.45) is 7.25. The number of rotatable bonds is 4. The smallest absolute Gasteiger partial charge is 0.262 e. The average molecular weight is 347 g/mol. The zero-order valence-electron chi connectivity index (χ0n) is 15.5. The molecule has 3 rings (SSSR count). The number of nitrogens with one attached hydrogen (secondary N) is 1. The molecule has 4 heteroatoms. The minimum atomic E-state index is -0.260. The highest BCUT2D eigenvalue weighted by atomic mass is 16.1. The van der Waals surface area contributed by atoms with E-state index in [0.717, 1.165) is 48.3 Å². The molecule has 4 nitrogen and oxygen atoms in total. The minimum absolute atomic E-state index is 0.170. The molecule has 0 bridgehead atoms. The summed E-state index contributed by atoms with van der Waals surface area (Å²) < 4.78 is 2.14.